The number of rotatable bonds is 9. The minimum atomic E-state index is -1.40. The van der Waals surface area contributed by atoms with Crippen molar-refractivity contribution in [3.05, 3.63) is 11.1 Å². The van der Waals surface area contributed by atoms with Gasteiger partial charge >= 0.3 is 11.9 Å². The Morgan fingerprint density at radius 3 is 1.38 bits per heavy atom. The molecule has 0 spiro atoms. The molecule has 0 aromatic heterocycles. The molecular formula is C15H22O6. The van der Waals surface area contributed by atoms with Crippen LogP contribution in [0, 0.1) is 11.8 Å². The highest BCUT2D eigenvalue weighted by atomic mass is 16.4. The monoisotopic (exact) mass is 298 g/mol. The number of Topliss-reactive ketones (excluding diaryl/α,β-unsaturated/α-hetero) is 2. The van der Waals surface area contributed by atoms with Crippen molar-refractivity contribution in [2.24, 2.45) is 11.8 Å². The summed E-state index contributed by atoms with van der Waals surface area (Å²) < 4.78 is 0. The van der Waals surface area contributed by atoms with E-state index in [2.05, 4.69) is 0 Å². The molecule has 21 heavy (non-hydrogen) atoms. The number of carboxylic acid groups (broad SMARTS) is 2. The van der Waals surface area contributed by atoms with Crippen LogP contribution < -0.4 is 0 Å². The predicted molar refractivity (Wildman–Crippen MR) is 75.8 cm³/mol. The summed E-state index contributed by atoms with van der Waals surface area (Å²) in [7, 11) is 0. The normalized spacial score (nSPS) is 10.6. The van der Waals surface area contributed by atoms with Gasteiger partial charge in [0.2, 0.25) is 0 Å². The number of allylic oxidation sites excluding steroid dienone is 1. The minimum Gasteiger partial charge on any atom is -0.481 e. The zero-order valence-electron chi connectivity index (χ0n) is 12.8. The Morgan fingerprint density at radius 2 is 1.14 bits per heavy atom. The van der Waals surface area contributed by atoms with Gasteiger partial charge in [-0.3, -0.25) is 14.4 Å². The third kappa shape index (κ3) is 6.83. The number of aliphatic carboxylic acids is 2. The summed E-state index contributed by atoms with van der Waals surface area (Å²) in [4.78, 5) is 45.7. The van der Waals surface area contributed by atoms with Crippen LogP contribution in [0.3, 0.4) is 0 Å². The number of hydrogen-bond acceptors (Lipinski definition) is 4. The van der Waals surface area contributed by atoms with E-state index in [1.807, 2.05) is 0 Å². The van der Waals surface area contributed by atoms with E-state index in [4.69, 9.17) is 10.2 Å². The molecule has 0 unspecified atom stereocenters. The Bertz CT molecular complexity index is 447. The van der Waals surface area contributed by atoms with Crippen LogP contribution in [-0.4, -0.2) is 33.7 Å². The Balaban J connectivity index is 5.60. The van der Waals surface area contributed by atoms with E-state index in [9.17, 15) is 19.2 Å². The Morgan fingerprint density at radius 1 is 0.762 bits per heavy atom. The highest BCUT2D eigenvalue weighted by Crippen LogP contribution is 2.21. The lowest BCUT2D eigenvalue weighted by Crippen LogP contribution is -2.18. The largest absolute Gasteiger partial charge is 0.481 e. The molecule has 0 atom stereocenters. The van der Waals surface area contributed by atoms with Gasteiger partial charge in [0.05, 0.1) is 6.42 Å². The van der Waals surface area contributed by atoms with Gasteiger partial charge in [-0.2, -0.15) is 0 Å². The van der Waals surface area contributed by atoms with E-state index in [1.54, 1.807) is 27.7 Å². The first-order valence-corrected chi connectivity index (χ1v) is 6.77. The van der Waals surface area contributed by atoms with Gasteiger partial charge in [0.1, 0.15) is 11.6 Å². The summed E-state index contributed by atoms with van der Waals surface area (Å²) >= 11 is 0. The van der Waals surface area contributed by atoms with Crippen LogP contribution in [0.4, 0.5) is 0 Å². The second kappa shape index (κ2) is 8.34. The molecule has 0 fully saturated rings. The predicted octanol–water partition coefficient (Wildman–Crippen LogP) is 2.07. The zero-order valence-corrected chi connectivity index (χ0v) is 12.8. The van der Waals surface area contributed by atoms with Crippen molar-refractivity contribution in [1.29, 1.82) is 0 Å². The average Bonchev–Trinajstić information content (AvgIpc) is 2.33. The van der Waals surface area contributed by atoms with E-state index in [0.29, 0.717) is 0 Å². The molecule has 0 saturated heterocycles. The standard InChI is InChI=1S/C15H22O6/c1-8(2)12(16)5-10(6-13(17)9(3)4)11(15(20)21)7-14(18)19/h8-9H,5-7H2,1-4H3,(H,18,19)(H,20,21). The van der Waals surface area contributed by atoms with Crippen molar-refractivity contribution in [3.8, 4) is 0 Å². The Kier molecular flexibility index (Phi) is 7.55. The molecule has 0 aromatic carbocycles. The summed E-state index contributed by atoms with van der Waals surface area (Å²) in [6.45, 7) is 6.67. The first-order valence-electron chi connectivity index (χ1n) is 6.77. The van der Waals surface area contributed by atoms with Gasteiger partial charge in [-0.1, -0.05) is 27.7 Å². The van der Waals surface area contributed by atoms with E-state index >= 15 is 0 Å². The van der Waals surface area contributed by atoms with Crippen molar-refractivity contribution >= 4 is 23.5 Å². The second-order valence-corrected chi connectivity index (χ2v) is 5.55. The molecule has 0 rings (SSSR count). The van der Waals surface area contributed by atoms with Crippen LogP contribution in [0.5, 0.6) is 0 Å². The third-order valence-electron chi connectivity index (χ3n) is 3.08. The molecule has 0 aliphatic heterocycles. The maximum absolute atomic E-state index is 11.8. The lowest BCUT2D eigenvalue weighted by molar-refractivity contribution is -0.139. The highest BCUT2D eigenvalue weighted by Gasteiger charge is 2.23. The van der Waals surface area contributed by atoms with E-state index in [0.717, 1.165) is 0 Å². The van der Waals surface area contributed by atoms with Crippen molar-refractivity contribution in [2.45, 2.75) is 47.0 Å². The smallest absolute Gasteiger partial charge is 0.332 e. The fourth-order valence-corrected chi connectivity index (χ4v) is 1.61. The lowest BCUT2D eigenvalue weighted by Gasteiger charge is -2.13. The number of carboxylic acids is 2. The van der Waals surface area contributed by atoms with Gasteiger partial charge in [0.15, 0.2) is 0 Å². The van der Waals surface area contributed by atoms with Crippen LogP contribution in [-0.2, 0) is 19.2 Å². The molecular weight excluding hydrogens is 276 g/mol. The Labute approximate surface area is 123 Å². The molecule has 0 saturated carbocycles. The van der Waals surface area contributed by atoms with Crippen LogP contribution in [0.2, 0.25) is 0 Å². The number of hydrogen-bond donors (Lipinski definition) is 2. The molecule has 0 amide bonds. The van der Waals surface area contributed by atoms with Crippen LogP contribution >= 0.6 is 0 Å². The molecule has 6 nitrogen and oxygen atoms in total. The summed E-state index contributed by atoms with van der Waals surface area (Å²) in [6.07, 6.45) is -1.11. The summed E-state index contributed by atoms with van der Waals surface area (Å²) in [6, 6.07) is 0. The number of ketones is 2. The van der Waals surface area contributed by atoms with Gasteiger partial charge in [-0.25, -0.2) is 4.79 Å². The molecule has 0 aromatic rings. The van der Waals surface area contributed by atoms with Gasteiger partial charge < -0.3 is 10.2 Å². The zero-order chi connectivity index (χ0) is 16.7. The molecule has 0 radical (unpaired) electrons. The SMILES string of the molecule is CC(C)C(=O)CC(CC(=O)C(C)C)=C(CC(=O)O)C(=O)O. The van der Waals surface area contributed by atoms with Crippen molar-refractivity contribution < 1.29 is 29.4 Å². The molecule has 0 bridgehead atoms. The molecule has 0 aliphatic rings. The molecule has 0 heterocycles. The Hall–Kier alpha value is -1.98. The third-order valence-corrected chi connectivity index (χ3v) is 3.08. The lowest BCUT2D eigenvalue weighted by atomic mass is 9.90. The van der Waals surface area contributed by atoms with Crippen molar-refractivity contribution in [1.82, 2.24) is 0 Å². The van der Waals surface area contributed by atoms with Crippen molar-refractivity contribution in [3.63, 3.8) is 0 Å². The quantitative estimate of drug-likeness (QED) is 0.631. The van der Waals surface area contributed by atoms with E-state index in [1.165, 1.54) is 0 Å². The molecule has 0 aliphatic carbocycles. The highest BCUT2D eigenvalue weighted by molar-refractivity contribution is 5.96. The molecule has 118 valence electrons. The van der Waals surface area contributed by atoms with Crippen LogP contribution in [0.25, 0.3) is 0 Å². The fourth-order valence-electron chi connectivity index (χ4n) is 1.61. The van der Waals surface area contributed by atoms with Gasteiger partial charge in [0, 0.05) is 30.3 Å². The summed E-state index contributed by atoms with van der Waals surface area (Å²) in [5.41, 5.74) is -0.271. The number of carbonyl (C=O) groups is 4. The fraction of sp³-hybridized carbons (Fsp3) is 0.600. The number of carbonyl (C=O) groups excluding carboxylic acids is 2. The van der Waals surface area contributed by atoms with Crippen molar-refractivity contribution in [2.75, 3.05) is 0 Å². The summed E-state index contributed by atoms with van der Waals surface area (Å²) in [5.74, 6) is -3.76. The maximum Gasteiger partial charge on any atom is 0.332 e. The minimum absolute atomic E-state index is 0.0994. The first-order chi connectivity index (χ1) is 9.56. The van der Waals surface area contributed by atoms with E-state index in [-0.39, 0.29) is 47.4 Å². The van der Waals surface area contributed by atoms with Gasteiger partial charge in [0.25, 0.3) is 0 Å². The second-order valence-electron chi connectivity index (χ2n) is 5.55. The average molecular weight is 298 g/mol. The first kappa shape index (κ1) is 19.0. The summed E-state index contributed by atoms with van der Waals surface area (Å²) in [5, 5.41) is 18.0. The molecule has 6 heteroatoms. The topological polar surface area (TPSA) is 109 Å². The van der Waals surface area contributed by atoms with Gasteiger partial charge in [-0.15, -0.1) is 0 Å². The van der Waals surface area contributed by atoms with Crippen LogP contribution in [0.1, 0.15) is 47.0 Å². The van der Waals surface area contributed by atoms with Crippen LogP contribution in [0.15, 0.2) is 11.1 Å². The molecule has 2 N–H and O–H groups in total. The van der Waals surface area contributed by atoms with Gasteiger partial charge in [-0.05, 0) is 5.57 Å². The van der Waals surface area contributed by atoms with E-state index < -0.39 is 18.4 Å². The maximum atomic E-state index is 11.8.